The SMILES string of the molecule is CCC[C@@H](N)C(=O)N(CC)C(C)CC(=O)O. The first-order valence-electron chi connectivity index (χ1n) is 5.71. The number of hydrogen-bond acceptors (Lipinski definition) is 3. The third-order valence-electron chi connectivity index (χ3n) is 2.54. The molecule has 0 aromatic rings. The summed E-state index contributed by atoms with van der Waals surface area (Å²) in [6.07, 6.45) is 1.44. The number of amides is 1. The summed E-state index contributed by atoms with van der Waals surface area (Å²) in [6.45, 7) is 6.01. The highest BCUT2D eigenvalue weighted by atomic mass is 16.4. The molecule has 0 aliphatic carbocycles. The molecule has 0 saturated heterocycles. The number of carbonyl (C=O) groups excluding carboxylic acids is 1. The molecule has 0 aromatic heterocycles. The highest BCUT2D eigenvalue weighted by Crippen LogP contribution is 2.08. The van der Waals surface area contributed by atoms with Crippen LogP contribution in [0.4, 0.5) is 0 Å². The Morgan fingerprint density at radius 3 is 2.31 bits per heavy atom. The zero-order valence-corrected chi connectivity index (χ0v) is 10.3. The van der Waals surface area contributed by atoms with Crippen LogP contribution in [0.2, 0.25) is 0 Å². The van der Waals surface area contributed by atoms with E-state index in [0.29, 0.717) is 13.0 Å². The first-order valence-corrected chi connectivity index (χ1v) is 5.71. The van der Waals surface area contributed by atoms with Crippen LogP contribution in [0.1, 0.15) is 40.0 Å². The van der Waals surface area contributed by atoms with Crippen molar-refractivity contribution < 1.29 is 14.7 Å². The molecular weight excluding hydrogens is 208 g/mol. The third kappa shape index (κ3) is 4.61. The van der Waals surface area contributed by atoms with Crippen molar-refractivity contribution in [3.63, 3.8) is 0 Å². The average Bonchev–Trinajstić information content (AvgIpc) is 2.17. The van der Waals surface area contributed by atoms with Gasteiger partial charge in [0.1, 0.15) is 0 Å². The highest BCUT2D eigenvalue weighted by molar-refractivity contribution is 5.82. The predicted octanol–water partition coefficient (Wildman–Crippen LogP) is 0.825. The number of nitrogens with two attached hydrogens (primary N) is 1. The van der Waals surface area contributed by atoms with Crippen LogP contribution >= 0.6 is 0 Å². The van der Waals surface area contributed by atoms with Gasteiger partial charge in [-0.05, 0) is 20.3 Å². The van der Waals surface area contributed by atoms with Gasteiger partial charge in [0.05, 0.1) is 12.5 Å². The van der Waals surface area contributed by atoms with Gasteiger partial charge in [0.2, 0.25) is 5.91 Å². The number of carbonyl (C=O) groups is 2. The Kier molecular flexibility index (Phi) is 6.72. The zero-order valence-electron chi connectivity index (χ0n) is 10.3. The van der Waals surface area contributed by atoms with Gasteiger partial charge in [-0.3, -0.25) is 9.59 Å². The maximum absolute atomic E-state index is 11.9. The van der Waals surface area contributed by atoms with Crippen molar-refractivity contribution in [1.82, 2.24) is 4.90 Å². The Morgan fingerprint density at radius 2 is 1.94 bits per heavy atom. The molecule has 2 atom stereocenters. The lowest BCUT2D eigenvalue weighted by atomic mass is 10.1. The van der Waals surface area contributed by atoms with Crippen molar-refractivity contribution in [3.05, 3.63) is 0 Å². The van der Waals surface area contributed by atoms with E-state index in [-0.39, 0.29) is 18.4 Å². The summed E-state index contributed by atoms with van der Waals surface area (Å²) >= 11 is 0. The summed E-state index contributed by atoms with van der Waals surface area (Å²) in [5, 5.41) is 8.68. The first-order chi connectivity index (χ1) is 7.43. The second kappa shape index (κ2) is 7.22. The maximum Gasteiger partial charge on any atom is 0.305 e. The fourth-order valence-electron chi connectivity index (χ4n) is 1.70. The molecule has 0 bridgehead atoms. The molecule has 0 aliphatic heterocycles. The second-order valence-electron chi connectivity index (χ2n) is 3.97. The van der Waals surface area contributed by atoms with Gasteiger partial charge in [-0.2, -0.15) is 0 Å². The van der Waals surface area contributed by atoms with Crippen molar-refractivity contribution in [2.75, 3.05) is 6.54 Å². The van der Waals surface area contributed by atoms with Crippen molar-refractivity contribution in [1.29, 1.82) is 0 Å². The molecule has 0 rings (SSSR count). The molecule has 0 radical (unpaired) electrons. The Balaban J connectivity index is 4.46. The number of rotatable bonds is 7. The molecule has 5 heteroatoms. The van der Waals surface area contributed by atoms with Crippen molar-refractivity contribution in [3.8, 4) is 0 Å². The minimum absolute atomic E-state index is 0.0432. The third-order valence-corrected chi connectivity index (χ3v) is 2.54. The van der Waals surface area contributed by atoms with E-state index in [2.05, 4.69) is 0 Å². The Labute approximate surface area is 96.6 Å². The summed E-state index contributed by atoms with van der Waals surface area (Å²) in [7, 11) is 0. The quantitative estimate of drug-likeness (QED) is 0.678. The van der Waals surface area contributed by atoms with Crippen LogP contribution in [-0.2, 0) is 9.59 Å². The fraction of sp³-hybridized carbons (Fsp3) is 0.818. The van der Waals surface area contributed by atoms with Crippen molar-refractivity contribution >= 4 is 11.9 Å². The van der Waals surface area contributed by atoms with Gasteiger partial charge in [0.25, 0.3) is 0 Å². The largest absolute Gasteiger partial charge is 0.481 e. The van der Waals surface area contributed by atoms with Crippen molar-refractivity contribution in [2.45, 2.75) is 52.1 Å². The molecule has 3 N–H and O–H groups in total. The van der Waals surface area contributed by atoms with E-state index >= 15 is 0 Å². The molecule has 0 aromatic carbocycles. The van der Waals surface area contributed by atoms with Crippen LogP contribution in [0.3, 0.4) is 0 Å². The van der Waals surface area contributed by atoms with Gasteiger partial charge in [-0.15, -0.1) is 0 Å². The van der Waals surface area contributed by atoms with E-state index in [4.69, 9.17) is 10.8 Å². The summed E-state index contributed by atoms with van der Waals surface area (Å²) < 4.78 is 0. The van der Waals surface area contributed by atoms with Gasteiger partial charge in [-0.25, -0.2) is 0 Å². The molecule has 5 nitrogen and oxygen atoms in total. The lowest BCUT2D eigenvalue weighted by molar-refractivity contribution is -0.140. The summed E-state index contributed by atoms with van der Waals surface area (Å²) in [5.41, 5.74) is 5.73. The predicted molar refractivity (Wildman–Crippen MR) is 62.0 cm³/mol. The summed E-state index contributed by atoms with van der Waals surface area (Å²) in [5.74, 6) is -1.05. The molecule has 0 spiro atoms. The van der Waals surface area contributed by atoms with E-state index in [0.717, 1.165) is 6.42 Å². The second-order valence-corrected chi connectivity index (χ2v) is 3.97. The summed E-state index contributed by atoms with van der Waals surface area (Å²) in [4.78, 5) is 24.0. The van der Waals surface area contributed by atoms with Crippen LogP contribution in [0.15, 0.2) is 0 Å². The number of hydrogen-bond donors (Lipinski definition) is 2. The highest BCUT2D eigenvalue weighted by Gasteiger charge is 2.24. The molecule has 0 saturated carbocycles. The number of nitrogens with zero attached hydrogens (tertiary/aromatic N) is 1. The first kappa shape index (κ1) is 14.9. The average molecular weight is 230 g/mol. The zero-order chi connectivity index (χ0) is 12.7. The molecular formula is C11H22N2O3. The number of carboxylic acid groups (broad SMARTS) is 1. The summed E-state index contributed by atoms with van der Waals surface area (Å²) in [6, 6.07) is -0.820. The van der Waals surface area contributed by atoms with Crippen LogP contribution in [0, 0.1) is 0 Å². The number of aliphatic carboxylic acids is 1. The minimum atomic E-state index is -0.900. The molecule has 0 aliphatic rings. The van der Waals surface area contributed by atoms with Gasteiger partial charge in [0, 0.05) is 12.6 Å². The Bertz CT molecular complexity index is 243. The molecule has 1 unspecified atom stereocenters. The lowest BCUT2D eigenvalue weighted by Gasteiger charge is -2.29. The van der Waals surface area contributed by atoms with E-state index in [1.54, 1.807) is 6.92 Å². The molecule has 16 heavy (non-hydrogen) atoms. The van der Waals surface area contributed by atoms with Crippen molar-refractivity contribution in [2.24, 2.45) is 5.73 Å². The Hall–Kier alpha value is -1.10. The van der Waals surface area contributed by atoms with Crippen LogP contribution in [0.5, 0.6) is 0 Å². The van der Waals surface area contributed by atoms with Crippen LogP contribution in [0.25, 0.3) is 0 Å². The normalized spacial score (nSPS) is 14.2. The molecule has 1 amide bonds. The smallest absolute Gasteiger partial charge is 0.305 e. The van der Waals surface area contributed by atoms with Crippen LogP contribution < -0.4 is 5.73 Å². The van der Waals surface area contributed by atoms with E-state index in [1.807, 2.05) is 13.8 Å². The van der Waals surface area contributed by atoms with E-state index in [9.17, 15) is 9.59 Å². The van der Waals surface area contributed by atoms with Gasteiger partial charge >= 0.3 is 5.97 Å². The van der Waals surface area contributed by atoms with Gasteiger partial charge in [-0.1, -0.05) is 13.3 Å². The maximum atomic E-state index is 11.9. The minimum Gasteiger partial charge on any atom is -0.481 e. The van der Waals surface area contributed by atoms with Crippen LogP contribution in [-0.4, -0.2) is 40.5 Å². The fourth-order valence-corrected chi connectivity index (χ4v) is 1.70. The van der Waals surface area contributed by atoms with E-state index in [1.165, 1.54) is 4.90 Å². The van der Waals surface area contributed by atoms with Gasteiger partial charge < -0.3 is 15.7 Å². The Morgan fingerprint density at radius 1 is 1.38 bits per heavy atom. The molecule has 94 valence electrons. The number of carboxylic acids is 1. The standard InChI is InChI=1S/C11H22N2O3/c1-4-6-9(12)11(16)13(5-2)8(3)7-10(14)15/h8-9H,4-7,12H2,1-3H3,(H,14,15)/t8?,9-/m1/s1. The van der Waals surface area contributed by atoms with E-state index < -0.39 is 12.0 Å². The topological polar surface area (TPSA) is 83.6 Å². The number of likely N-dealkylation sites (N-methyl/N-ethyl adjacent to an activating group) is 1. The molecule has 0 fully saturated rings. The van der Waals surface area contributed by atoms with Gasteiger partial charge in [0.15, 0.2) is 0 Å². The monoisotopic (exact) mass is 230 g/mol. The molecule has 0 heterocycles. The lowest BCUT2D eigenvalue weighted by Crippen LogP contribution is -2.48.